The zero-order valence-corrected chi connectivity index (χ0v) is 19.0. The lowest BCUT2D eigenvalue weighted by Crippen LogP contribution is -2.43. The molecule has 27 heavy (non-hydrogen) atoms. The number of alkyl carbamates (subject to hydrolysis) is 1. The Morgan fingerprint density at radius 3 is 1.96 bits per heavy atom. The molecular weight excluding hydrogens is 348 g/mol. The van der Waals surface area contributed by atoms with Crippen molar-refractivity contribution in [1.82, 2.24) is 10.2 Å². The summed E-state index contributed by atoms with van der Waals surface area (Å²) in [5.41, 5.74) is -0.534. The Morgan fingerprint density at radius 2 is 1.67 bits per heavy atom. The van der Waals surface area contributed by atoms with Crippen molar-refractivity contribution in [2.45, 2.75) is 86.8 Å². The van der Waals surface area contributed by atoms with E-state index in [1.54, 1.807) is 25.7 Å². The molecule has 1 fully saturated rings. The summed E-state index contributed by atoms with van der Waals surface area (Å²) in [7, 11) is 1.31. The van der Waals surface area contributed by atoms with Gasteiger partial charge < -0.3 is 19.7 Å². The van der Waals surface area contributed by atoms with E-state index in [-0.39, 0.29) is 18.5 Å². The highest BCUT2D eigenvalue weighted by atomic mass is 16.6. The highest BCUT2D eigenvalue weighted by Gasteiger charge is 2.25. The molecule has 1 saturated heterocycles. The average Bonchev–Trinajstić information content (AvgIpc) is 2.99. The van der Waals surface area contributed by atoms with Crippen molar-refractivity contribution in [3.8, 4) is 0 Å². The molecule has 1 atom stereocenters. The van der Waals surface area contributed by atoms with Crippen LogP contribution in [0.1, 0.15) is 75.2 Å². The third-order valence-electron chi connectivity index (χ3n) is 2.75. The van der Waals surface area contributed by atoms with Crippen LogP contribution in [-0.4, -0.2) is 55.2 Å². The summed E-state index contributed by atoms with van der Waals surface area (Å²) in [6.07, 6.45) is 1.54. The number of hydrogen-bond acceptors (Lipinski definition) is 5. The Hall–Kier alpha value is -1.79. The molecular formula is C20H42N2O5. The summed E-state index contributed by atoms with van der Waals surface area (Å²) in [6, 6.07) is 0.280. The maximum atomic E-state index is 11.8. The molecule has 7 heteroatoms. The Balaban J connectivity index is -0.000000480. The second kappa shape index (κ2) is 17.6. The standard InChI is InChI=1S/C12H22N2O3.C4H10.C2H4O2.C2H6/c1-9-6-5-7-14(9)10(15)8-13-11(16)17-12(2,3)4;1-4(2)3;1-4-2-3;1-2/h9H,5-8H2,1-4H3,(H,13,16);4H,1-3H3;2H,1H3;1-2H3. The van der Waals surface area contributed by atoms with Gasteiger partial charge in [-0.2, -0.15) is 0 Å². The number of ether oxygens (including phenoxy) is 2. The number of carbonyl (C=O) groups is 3. The van der Waals surface area contributed by atoms with Crippen LogP contribution in [0.25, 0.3) is 0 Å². The normalized spacial score (nSPS) is 15.1. The summed E-state index contributed by atoms with van der Waals surface area (Å²) in [5, 5.41) is 2.48. The van der Waals surface area contributed by atoms with E-state index < -0.39 is 11.7 Å². The highest BCUT2D eigenvalue weighted by Crippen LogP contribution is 2.15. The number of amides is 2. The van der Waals surface area contributed by atoms with E-state index in [0.717, 1.165) is 25.3 Å². The number of rotatable bonds is 3. The van der Waals surface area contributed by atoms with Gasteiger partial charge in [-0.05, 0) is 46.5 Å². The Morgan fingerprint density at radius 1 is 1.22 bits per heavy atom. The molecule has 2 amide bonds. The molecule has 0 bridgehead atoms. The maximum absolute atomic E-state index is 11.8. The van der Waals surface area contributed by atoms with Gasteiger partial charge in [0.05, 0.1) is 7.11 Å². The lowest BCUT2D eigenvalue weighted by Gasteiger charge is -2.23. The fraction of sp³-hybridized carbons (Fsp3) is 0.850. The van der Waals surface area contributed by atoms with Gasteiger partial charge >= 0.3 is 6.09 Å². The maximum Gasteiger partial charge on any atom is 0.408 e. The SMILES string of the molecule is CC.CC(C)C.CC1CCCN1C(=O)CNC(=O)OC(C)(C)C.COC=O. The van der Waals surface area contributed by atoms with Crippen molar-refractivity contribution < 1.29 is 23.9 Å². The van der Waals surface area contributed by atoms with E-state index in [1.807, 2.05) is 20.8 Å². The smallest absolute Gasteiger partial charge is 0.408 e. The van der Waals surface area contributed by atoms with Crippen molar-refractivity contribution in [3.05, 3.63) is 0 Å². The topological polar surface area (TPSA) is 84.9 Å². The number of likely N-dealkylation sites (tertiary alicyclic amines) is 1. The zero-order chi connectivity index (χ0) is 22.0. The van der Waals surface area contributed by atoms with Crippen LogP contribution in [-0.2, 0) is 19.1 Å². The minimum absolute atomic E-state index is 0.0131. The van der Waals surface area contributed by atoms with E-state index in [9.17, 15) is 9.59 Å². The molecule has 0 aliphatic carbocycles. The molecule has 0 radical (unpaired) electrons. The van der Waals surface area contributed by atoms with Crippen LogP contribution >= 0.6 is 0 Å². The van der Waals surface area contributed by atoms with Crippen molar-refractivity contribution in [3.63, 3.8) is 0 Å². The molecule has 7 nitrogen and oxygen atoms in total. The van der Waals surface area contributed by atoms with Gasteiger partial charge in [0.25, 0.3) is 6.47 Å². The van der Waals surface area contributed by atoms with Crippen LogP contribution in [0.5, 0.6) is 0 Å². The highest BCUT2D eigenvalue weighted by molar-refractivity contribution is 5.82. The Labute approximate surface area is 166 Å². The number of carbonyl (C=O) groups excluding carboxylic acids is 3. The van der Waals surface area contributed by atoms with Crippen LogP contribution in [0, 0.1) is 5.92 Å². The monoisotopic (exact) mass is 390 g/mol. The van der Waals surface area contributed by atoms with Gasteiger partial charge in [0.15, 0.2) is 0 Å². The fourth-order valence-electron chi connectivity index (χ4n) is 1.87. The number of nitrogens with one attached hydrogen (secondary N) is 1. The molecule has 0 aromatic carbocycles. The number of nitrogens with zero attached hydrogens (tertiary/aromatic N) is 1. The minimum Gasteiger partial charge on any atom is -0.471 e. The van der Waals surface area contributed by atoms with E-state index in [1.165, 1.54) is 7.11 Å². The molecule has 1 aliphatic rings. The fourth-order valence-corrected chi connectivity index (χ4v) is 1.87. The van der Waals surface area contributed by atoms with Crippen molar-refractivity contribution >= 4 is 18.5 Å². The Bertz CT molecular complexity index is 390. The van der Waals surface area contributed by atoms with Crippen LogP contribution in [0.2, 0.25) is 0 Å². The van der Waals surface area contributed by atoms with Crippen LogP contribution in [0.15, 0.2) is 0 Å². The quantitative estimate of drug-likeness (QED) is 0.736. The van der Waals surface area contributed by atoms with Crippen molar-refractivity contribution in [2.75, 3.05) is 20.2 Å². The number of hydrogen-bond donors (Lipinski definition) is 1. The van der Waals surface area contributed by atoms with E-state index in [0.29, 0.717) is 6.47 Å². The minimum atomic E-state index is -0.544. The first-order valence-corrected chi connectivity index (χ1v) is 9.67. The van der Waals surface area contributed by atoms with Gasteiger partial charge in [-0.1, -0.05) is 34.6 Å². The zero-order valence-electron chi connectivity index (χ0n) is 19.0. The molecule has 1 aliphatic heterocycles. The molecule has 0 aromatic rings. The Kier molecular flexibility index (Phi) is 19.5. The first-order chi connectivity index (χ1) is 12.4. The molecule has 1 heterocycles. The van der Waals surface area contributed by atoms with Gasteiger partial charge in [0.1, 0.15) is 12.1 Å². The van der Waals surface area contributed by atoms with Gasteiger partial charge in [-0.3, -0.25) is 9.59 Å². The lowest BCUT2D eigenvalue weighted by molar-refractivity contribution is -0.130. The largest absolute Gasteiger partial charge is 0.471 e. The molecule has 1 rings (SSSR count). The first-order valence-electron chi connectivity index (χ1n) is 9.67. The van der Waals surface area contributed by atoms with Crippen LogP contribution < -0.4 is 5.32 Å². The molecule has 0 aromatic heterocycles. The van der Waals surface area contributed by atoms with Crippen molar-refractivity contribution in [2.24, 2.45) is 5.92 Å². The summed E-state index contributed by atoms with van der Waals surface area (Å²) >= 11 is 0. The molecule has 1 N–H and O–H groups in total. The van der Waals surface area contributed by atoms with Crippen LogP contribution in [0.4, 0.5) is 4.79 Å². The third kappa shape index (κ3) is 22.2. The van der Waals surface area contributed by atoms with Gasteiger partial charge in [0.2, 0.25) is 5.91 Å². The predicted octanol–water partition coefficient (Wildman–Crippen LogP) is 4.00. The van der Waals surface area contributed by atoms with E-state index in [2.05, 4.69) is 30.8 Å². The van der Waals surface area contributed by atoms with E-state index in [4.69, 9.17) is 9.53 Å². The second-order valence-electron chi connectivity index (χ2n) is 7.50. The van der Waals surface area contributed by atoms with Gasteiger partial charge in [-0.15, -0.1) is 0 Å². The molecule has 0 saturated carbocycles. The summed E-state index contributed by atoms with van der Waals surface area (Å²) in [4.78, 5) is 33.9. The van der Waals surface area contributed by atoms with Crippen molar-refractivity contribution in [1.29, 1.82) is 0 Å². The first kappa shape index (κ1) is 30.0. The molecule has 162 valence electrons. The second-order valence-corrected chi connectivity index (χ2v) is 7.50. The molecule has 1 unspecified atom stereocenters. The van der Waals surface area contributed by atoms with E-state index >= 15 is 0 Å². The van der Waals surface area contributed by atoms with Gasteiger partial charge in [0, 0.05) is 12.6 Å². The summed E-state index contributed by atoms with van der Waals surface area (Å²) in [5.74, 6) is 0.792. The third-order valence-corrected chi connectivity index (χ3v) is 2.75. The summed E-state index contributed by atoms with van der Waals surface area (Å²) < 4.78 is 8.92. The average molecular weight is 391 g/mol. The molecule has 0 spiro atoms. The van der Waals surface area contributed by atoms with Crippen LogP contribution in [0.3, 0.4) is 0 Å². The van der Waals surface area contributed by atoms with Gasteiger partial charge in [-0.25, -0.2) is 4.79 Å². The lowest BCUT2D eigenvalue weighted by atomic mass is 10.2. The predicted molar refractivity (Wildman–Crippen MR) is 110 cm³/mol. The summed E-state index contributed by atoms with van der Waals surface area (Å²) in [6.45, 7) is 19.1. The number of methoxy groups -OCH3 is 1.